The van der Waals surface area contributed by atoms with Crippen LogP contribution in [-0.2, 0) is 20.0 Å². The van der Waals surface area contributed by atoms with Crippen molar-refractivity contribution in [2.45, 2.75) is 86.1 Å². The van der Waals surface area contributed by atoms with Crippen LogP contribution in [0.25, 0.3) is 11.1 Å². The predicted molar refractivity (Wildman–Crippen MR) is 135 cm³/mol. The zero-order valence-corrected chi connectivity index (χ0v) is 21.7. The number of fused-ring (bicyclic) bond motifs is 3. The van der Waals surface area contributed by atoms with Gasteiger partial charge in [-0.05, 0) is 97.6 Å². The summed E-state index contributed by atoms with van der Waals surface area (Å²) in [6.07, 6.45) is 10.7. The highest BCUT2D eigenvalue weighted by atomic mass is 32.2. The Morgan fingerprint density at radius 2 is 1.00 bits per heavy atom. The monoisotopic (exact) mass is 526 g/mol. The summed E-state index contributed by atoms with van der Waals surface area (Å²) >= 11 is 0. The second kappa shape index (κ2) is 7.49. The van der Waals surface area contributed by atoms with Gasteiger partial charge in [0.2, 0.25) is 20.0 Å². The number of rotatable bonds is 6. The molecular formula is C27H30N2O5S2. The van der Waals surface area contributed by atoms with E-state index in [1.807, 2.05) is 0 Å². The first-order valence-electron chi connectivity index (χ1n) is 13.0. The molecule has 0 unspecified atom stereocenters. The number of nitrogens with one attached hydrogen (secondary N) is 2. The maximum absolute atomic E-state index is 13.3. The normalized spacial score (nSPS) is 25.4. The molecule has 2 N–H and O–H groups in total. The SMILES string of the molecule is O=C1c2cc(S(=O)(=O)NC3CC4(CCC4)C3)ccc2-c2ccc(S(=O)(=O)NC3CC4(CCC4)C3)cc21. The van der Waals surface area contributed by atoms with Gasteiger partial charge in [-0.1, -0.05) is 25.0 Å². The standard InChI is InChI=1S/C27H30N2O5S2/c30-25-23-11-19(35(31,32)28-17-13-26(14-17)7-1-8-26)3-5-21(23)22-6-4-20(12-24(22)25)36(33,34)29-18-15-27(16-18)9-2-10-27/h3-6,11-12,17-18,28-29H,1-2,7-10,13-16H2. The Hall–Kier alpha value is -2.07. The molecule has 0 aliphatic heterocycles. The Morgan fingerprint density at radius 3 is 1.33 bits per heavy atom. The molecule has 0 bridgehead atoms. The minimum atomic E-state index is -3.74. The summed E-state index contributed by atoms with van der Waals surface area (Å²) in [5.41, 5.74) is 2.57. The molecule has 0 aromatic heterocycles. The van der Waals surface area contributed by atoms with Crippen molar-refractivity contribution in [2.75, 3.05) is 0 Å². The highest BCUT2D eigenvalue weighted by Gasteiger charge is 2.50. The zero-order chi connectivity index (χ0) is 24.9. The van der Waals surface area contributed by atoms with Crippen LogP contribution in [0.3, 0.4) is 0 Å². The number of benzene rings is 2. The van der Waals surface area contributed by atoms with Gasteiger partial charge in [0, 0.05) is 23.2 Å². The van der Waals surface area contributed by atoms with Crippen LogP contribution >= 0.6 is 0 Å². The zero-order valence-electron chi connectivity index (χ0n) is 20.0. The van der Waals surface area contributed by atoms with E-state index in [2.05, 4.69) is 9.44 Å². The summed E-state index contributed by atoms with van der Waals surface area (Å²) in [5, 5.41) is 0. The van der Waals surface area contributed by atoms with E-state index in [1.165, 1.54) is 62.8 Å². The van der Waals surface area contributed by atoms with Crippen molar-refractivity contribution >= 4 is 25.8 Å². The smallest absolute Gasteiger partial charge is 0.240 e. The minimum absolute atomic E-state index is 0.0495. The van der Waals surface area contributed by atoms with E-state index >= 15 is 0 Å². The van der Waals surface area contributed by atoms with E-state index in [4.69, 9.17) is 0 Å². The summed E-state index contributed by atoms with van der Waals surface area (Å²) in [6, 6.07) is 9.12. The molecule has 5 aliphatic carbocycles. The first-order valence-corrected chi connectivity index (χ1v) is 15.9. The van der Waals surface area contributed by atoms with E-state index in [-0.39, 0.29) is 27.7 Å². The number of carbonyl (C=O) groups is 1. The quantitative estimate of drug-likeness (QED) is 0.502. The highest BCUT2D eigenvalue weighted by Crippen LogP contribution is 2.56. The molecule has 7 nitrogen and oxygen atoms in total. The maximum atomic E-state index is 13.3. The van der Waals surface area contributed by atoms with E-state index in [0.717, 1.165) is 25.7 Å². The Labute approximate surface area is 212 Å². The third kappa shape index (κ3) is 3.46. The van der Waals surface area contributed by atoms with Gasteiger partial charge in [-0.25, -0.2) is 26.3 Å². The van der Waals surface area contributed by atoms with E-state index < -0.39 is 20.0 Å². The molecule has 0 radical (unpaired) electrons. The van der Waals surface area contributed by atoms with Crippen molar-refractivity contribution in [2.24, 2.45) is 10.8 Å². The van der Waals surface area contributed by atoms with Gasteiger partial charge in [0.15, 0.2) is 5.78 Å². The second-order valence-corrected chi connectivity index (χ2v) is 15.3. The Balaban J connectivity index is 1.10. The molecule has 4 saturated carbocycles. The third-order valence-corrected chi connectivity index (χ3v) is 12.6. The van der Waals surface area contributed by atoms with Crippen molar-refractivity contribution in [3.05, 3.63) is 47.5 Å². The molecular weight excluding hydrogens is 496 g/mol. The van der Waals surface area contributed by atoms with Crippen LogP contribution in [0.5, 0.6) is 0 Å². The van der Waals surface area contributed by atoms with Crippen LogP contribution < -0.4 is 9.44 Å². The molecule has 7 rings (SSSR count). The number of hydrogen-bond acceptors (Lipinski definition) is 5. The maximum Gasteiger partial charge on any atom is 0.240 e. The summed E-state index contributed by atoms with van der Waals surface area (Å²) < 4.78 is 57.7. The molecule has 2 spiro atoms. The van der Waals surface area contributed by atoms with Crippen LogP contribution in [0.2, 0.25) is 0 Å². The van der Waals surface area contributed by atoms with Gasteiger partial charge in [-0.15, -0.1) is 0 Å². The van der Waals surface area contributed by atoms with Gasteiger partial charge >= 0.3 is 0 Å². The predicted octanol–water partition coefficient (Wildman–Crippen LogP) is 4.12. The molecule has 190 valence electrons. The largest absolute Gasteiger partial charge is 0.289 e. The van der Waals surface area contributed by atoms with Crippen LogP contribution in [0, 0.1) is 10.8 Å². The average molecular weight is 527 g/mol. The van der Waals surface area contributed by atoms with E-state index in [1.54, 1.807) is 12.1 Å². The van der Waals surface area contributed by atoms with E-state index in [0.29, 0.717) is 33.1 Å². The highest BCUT2D eigenvalue weighted by molar-refractivity contribution is 7.89. The summed E-state index contributed by atoms with van der Waals surface area (Å²) in [4.78, 5) is 13.4. The second-order valence-electron chi connectivity index (χ2n) is 11.9. The molecule has 4 fully saturated rings. The lowest BCUT2D eigenvalue weighted by atomic mass is 9.54. The van der Waals surface area contributed by atoms with Gasteiger partial charge in [0.05, 0.1) is 9.79 Å². The summed E-state index contributed by atoms with van der Waals surface area (Å²) in [6.45, 7) is 0. The number of hydrogen-bond donors (Lipinski definition) is 2. The molecule has 2 aromatic carbocycles. The third-order valence-electron chi connectivity index (χ3n) is 9.57. The lowest BCUT2D eigenvalue weighted by Gasteiger charge is -2.54. The van der Waals surface area contributed by atoms with Crippen molar-refractivity contribution in [1.82, 2.24) is 9.44 Å². The molecule has 2 aromatic rings. The molecule has 0 amide bonds. The molecule has 0 heterocycles. The van der Waals surface area contributed by atoms with Crippen LogP contribution in [0.4, 0.5) is 0 Å². The van der Waals surface area contributed by atoms with Gasteiger partial charge in [0.25, 0.3) is 0 Å². The fraction of sp³-hybridized carbons (Fsp3) is 0.519. The molecule has 36 heavy (non-hydrogen) atoms. The molecule has 9 heteroatoms. The van der Waals surface area contributed by atoms with Crippen molar-refractivity contribution in [1.29, 1.82) is 0 Å². The lowest BCUT2D eigenvalue weighted by molar-refractivity contribution is 0.00602. The molecule has 0 saturated heterocycles. The Bertz CT molecular complexity index is 1390. The first kappa shape index (κ1) is 23.1. The number of ketones is 1. The van der Waals surface area contributed by atoms with Gasteiger partial charge in [-0.3, -0.25) is 4.79 Å². The first-order chi connectivity index (χ1) is 17.1. The fourth-order valence-corrected chi connectivity index (χ4v) is 9.78. The van der Waals surface area contributed by atoms with Gasteiger partial charge < -0.3 is 0 Å². The topological polar surface area (TPSA) is 109 Å². The molecule has 0 atom stereocenters. The lowest BCUT2D eigenvalue weighted by Crippen LogP contribution is -2.53. The fourth-order valence-electron chi connectivity index (χ4n) is 7.25. The Morgan fingerprint density at radius 1 is 0.611 bits per heavy atom. The van der Waals surface area contributed by atoms with Crippen molar-refractivity contribution in [3.63, 3.8) is 0 Å². The summed E-state index contributed by atoms with van der Waals surface area (Å²) in [5.74, 6) is -0.344. The van der Waals surface area contributed by atoms with Crippen LogP contribution in [0.1, 0.15) is 80.1 Å². The van der Waals surface area contributed by atoms with Crippen molar-refractivity contribution < 1.29 is 21.6 Å². The van der Waals surface area contributed by atoms with Gasteiger partial charge in [0.1, 0.15) is 0 Å². The van der Waals surface area contributed by atoms with E-state index in [9.17, 15) is 21.6 Å². The summed E-state index contributed by atoms with van der Waals surface area (Å²) in [7, 11) is -7.49. The minimum Gasteiger partial charge on any atom is -0.289 e. The number of sulfonamides is 2. The molecule has 5 aliphatic rings. The Kier molecular flexibility index (Phi) is 4.80. The van der Waals surface area contributed by atoms with Crippen LogP contribution in [-0.4, -0.2) is 34.7 Å². The van der Waals surface area contributed by atoms with Crippen molar-refractivity contribution in [3.8, 4) is 11.1 Å². The number of carbonyl (C=O) groups excluding carboxylic acids is 1. The van der Waals surface area contributed by atoms with Crippen LogP contribution in [0.15, 0.2) is 46.2 Å². The van der Waals surface area contributed by atoms with Gasteiger partial charge in [-0.2, -0.15) is 0 Å². The average Bonchev–Trinajstić information content (AvgIpc) is 3.01.